The maximum Gasteiger partial charge on any atom is 0.349 e. The molecule has 2 heterocycles. The van der Waals surface area contributed by atoms with E-state index in [1.165, 1.54) is 11.3 Å². The summed E-state index contributed by atoms with van der Waals surface area (Å²) in [5.74, 6) is -0.421. The summed E-state index contributed by atoms with van der Waals surface area (Å²) in [6.45, 7) is 0. The van der Waals surface area contributed by atoms with Crippen molar-refractivity contribution in [2.24, 2.45) is 0 Å². The van der Waals surface area contributed by atoms with Crippen LogP contribution in [0.5, 0.6) is 5.75 Å². The van der Waals surface area contributed by atoms with E-state index >= 15 is 0 Å². The first-order chi connectivity index (χ1) is 17.1. The number of nitrogens with one attached hydrogen (secondary N) is 1. The molecule has 1 unspecified atom stereocenters. The Morgan fingerprint density at radius 1 is 0.886 bits per heavy atom. The molecule has 0 saturated carbocycles. The number of ether oxygens (including phenoxy) is 2. The molecule has 1 amide bonds. The lowest BCUT2D eigenvalue weighted by Gasteiger charge is -2.18. The van der Waals surface area contributed by atoms with Gasteiger partial charge in [-0.05, 0) is 36.4 Å². The minimum atomic E-state index is -1.12. The van der Waals surface area contributed by atoms with Crippen LogP contribution in [-0.2, 0) is 9.53 Å². The van der Waals surface area contributed by atoms with Crippen LogP contribution in [0.1, 0.15) is 21.3 Å². The first-order valence-electron chi connectivity index (χ1n) is 10.8. The lowest BCUT2D eigenvalue weighted by atomic mass is 10.1. The van der Waals surface area contributed by atoms with Crippen LogP contribution in [0.3, 0.4) is 0 Å². The van der Waals surface area contributed by atoms with Gasteiger partial charge in [0.2, 0.25) is 6.10 Å². The summed E-state index contributed by atoms with van der Waals surface area (Å²) in [4.78, 5) is 32.2. The minimum Gasteiger partial charge on any atom is -0.497 e. The molecule has 0 aliphatic carbocycles. The molecule has 5 rings (SSSR count). The third kappa shape index (κ3) is 5.08. The molecule has 0 bridgehead atoms. The number of hydrogen-bond acceptors (Lipinski definition) is 7. The van der Waals surface area contributed by atoms with E-state index in [2.05, 4.69) is 10.3 Å². The number of nitrogens with zero attached hydrogens (tertiary/aromatic N) is 1. The van der Waals surface area contributed by atoms with E-state index in [0.717, 1.165) is 20.1 Å². The Morgan fingerprint density at radius 2 is 1.69 bits per heavy atom. The Labute approximate surface area is 209 Å². The molecule has 5 aromatic rings. The van der Waals surface area contributed by atoms with Gasteiger partial charge in [-0.2, -0.15) is 0 Å². The summed E-state index contributed by atoms with van der Waals surface area (Å²) < 4.78 is 12.0. The fourth-order valence-corrected chi connectivity index (χ4v) is 5.42. The van der Waals surface area contributed by atoms with Crippen LogP contribution in [-0.4, -0.2) is 24.0 Å². The van der Waals surface area contributed by atoms with E-state index in [9.17, 15) is 9.59 Å². The van der Waals surface area contributed by atoms with Crippen LogP contribution in [0.4, 0.5) is 5.69 Å². The topological polar surface area (TPSA) is 77.5 Å². The van der Waals surface area contributed by atoms with E-state index in [1.807, 2.05) is 36.4 Å². The van der Waals surface area contributed by atoms with Gasteiger partial charge in [-0.15, -0.1) is 22.7 Å². The fourth-order valence-electron chi connectivity index (χ4n) is 3.51. The first kappa shape index (κ1) is 22.8. The van der Waals surface area contributed by atoms with Crippen LogP contribution >= 0.6 is 22.7 Å². The van der Waals surface area contributed by atoms with E-state index in [4.69, 9.17) is 9.47 Å². The number of carbonyl (C=O) groups is 2. The first-order valence-corrected chi connectivity index (χ1v) is 12.4. The van der Waals surface area contributed by atoms with Crippen LogP contribution in [0.25, 0.3) is 20.1 Å². The standard InChI is InChI=1S/C27H20N2O4S2/c1-32-19-11-7-10-18(16-19)28-25(30)24(17-8-3-2-4-9-17)33-27(31)23-15-14-22(34-23)26-29-20-12-5-6-13-21(20)35-26/h2-16,24H,1H3,(H,28,30). The van der Waals surface area contributed by atoms with Crippen molar-refractivity contribution in [2.75, 3.05) is 12.4 Å². The summed E-state index contributed by atoms with van der Waals surface area (Å²) in [5.41, 5.74) is 2.04. The number of esters is 1. The largest absolute Gasteiger partial charge is 0.497 e. The maximum atomic E-state index is 13.2. The van der Waals surface area contributed by atoms with E-state index in [-0.39, 0.29) is 0 Å². The normalized spacial score (nSPS) is 11.7. The number of fused-ring (bicyclic) bond motifs is 1. The number of methoxy groups -OCH3 is 1. The van der Waals surface area contributed by atoms with Crippen molar-refractivity contribution in [3.05, 3.63) is 101 Å². The lowest BCUT2D eigenvalue weighted by Crippen LogP contribution is -2.25. The highest BCUT2D eigenvalue weighted by molar-refractivity contribution is 7.26. The molecule has 1 atom stereocenters. The average molecular weight is 501 g/mol. The molecule has 8 heteroatoms. The quantitative estimate of drug-likeness (QED) is 0.256. The van der Waals surface area contributed by atoms with Gasteiger partial charge in [-0.25, -0.2) is 9.78 Å². The third-order valence-electron chi connectivity index (χ3n) is 5.21. The average Bonchev–Trinajstić information content (AvgIpc) is 3.55. The highest BCUT2D eigenvalue weighted by Gasteiger charge is 2.27. The van der Waals surface area contributed by atoms with Gasteiger partial charge < -0.3 is 14.8 Å². The number of para-hydroxylation sites is 1. The Morgan fingerprint density at radius 3 is 2.49 bits per heavy atom. The molecular formula is C27H20N2O4S2. The summed E-state index contributed by atoms with van der Waals surface area (Å²) >= 11 is 2.86. The molecule has 6 nitrogen and oxygen atoms in total. The number of thiazole rings is 1. The van der Waals surface area contributed by atoms with Gasteiger partial charge in [-0.3, -0.25) is 4.79 Å². The molecule has 0 radical (unpaired) electrons. The van der Waals surface area contributed by atoms with Gasteiger partial charge in [0.1, 0.15) is 15.6 Å². The highest BCUT2D eigenvalue weighted by atomic mass is 32.1. The smallest absolute Gasteiger partial charge is 0.349 e. The zero-order valence-electron chi connectivity index (χ0n) is 18.6. The molecule has 174 valence electrons. The molecule has 0 aliphatic heterocycles. The SMILES string of the molecule is COc1cccc(NC(=O)C(OC(=O)c2ccc(-c3nc4ccccc4s3)s2)c2ccccc2)c1. The number of carbonyl (C=O) groups excluding carboxylic acids is 2. The monoisotopic (exact) mass is 500 g/mol. The molecule has 0 fully saturated rings. The van der Waals surface area contributed by atoms with Gasteiger partial charge in [0.05, 0.1) is 22.2 Å². The molecule has 0 saturated heterocycles. The van der Waals surface area contributed by atoms with Crippen molar-refractivity contribution in [2.45, 2.75) is 6.10 Å². The number of aromatic nitrogens is 1. The van der Waals surface area contributed by atoms with Crippen LogP contribution < -0.4 is 10.1 Å². The van der Waals surface area contributed by atoms with Crippen LogP contribution in [0, 0.1) is 0 Å². The molecule has 1 N–H and O–H groups in total. The van der Waals surface area contributed by atoms with Crippen molar-refractivity contribution in [3.8, 4) is 15.6 Å². The van der Waals surface area contributed by atoms with Crippen LogP contribution in [0.15, 0.2) is 91.0 Å². The second-order valence-electron chi connectivity index (χ2n) is 7.57. The molecule has 3 aromatic carbocycles. The van der Waals surface area contributed by atoms with Crippen molar-refractivity contribution < 1.29 is 19.1 Å². The van der Waals surface area contributed by atoms with E-state index < -0.39 is 18.0 Å². The summed E-state index contributed by atoms with van der Waals surface area (Å²) in [7, 11) is 1.55. The van der Waals surface area contributed by atoms with E-state index in [1.54, 1.807) is 73.0 Å². The second kappa shape index (κ2) is 10.1. The number of hydrogen-bond donors (Lipinski definition) is 1. The van der Waals surface area contributed by atoms with Crippen molar-refractivity contribution >= 4 is 50.5 Å². The molecular weight excluding hydrogens is 480 g/mol. The zero-order chi connectivity index (χ0) is 24.2. The third-order valence-corrected chi connectivity index (χ3v) is 7.49. The molecule has 0 aliphatic rings. The number of rotatable bonds is 7. The van der Waals surface area contributed by atoms with Crippen molar-refractivity contribution in [1.82, 2.24) is 4.98 Å². The lowest BCUT2D eigenvalue weighted by molar-refractivity contribution is -0.125. The molecule has 0 spiro atoms. The van der Waals surface area contributed by atoms with Gasteiger partial charge >= 0.3 is 5.97 Å². The fraction of sp³-hybridized carbons (Fsp3) is 0.0741. The predicted octanol–water partition coefficient (Wildman–Crippen LogP) is 6.57. The number of benzene rings is 3. The number of thiophene rings is 1. The van der Waals surface area contributed by atoms with E-state index in [0.29, 0.717) is 21.9 Å². The number of amides is 1. The van der Waals surface area contributed by atoms with Gasteiger partial charge in [0, 0.05) is 17.3 Å². The summed E-state index contributed by atoms with van der Waals surface area (Å²) in [6.07, 6.45) is -1.12. The van der Waals surface area contributed by atoms with Gasteiger partial charge in [0.15, 0.2) is 0 Å². The van der Waals surface area contributed by atoms with Gasteiger partial charge in [-0.1, -0.05) is 48.5 Å². The summed E-state index contributed by atoms with van der Waals surface area (Å²) in [5, 5.41) is 3.66. The Kier molecular flexibility index (Phi) is 6.56. The molecule has 2 aromatic heterocycles. The molecule has 35 heavy (non-hydrogen) atoms. The highest BCUT2D eigenvalue weighted by Crippen LogP contribution is 2.35. The van der Waals surface area contributed by atoms with Crippen molar-refractivity contribution in [1.29, 1.82) is 0 Å². The Bertz CT molecular complexity index is 1460. The maximum absolute atomic E-state index is 13.2. The van der Waals surface area contributed by atoms with Crippen molar-refractivity contribution in [3.63, 3.8) is 0 Å². The van der Waals surface area contributed by atoms with Gasteiger partial charge in [0.25, 0.3) is 5.91 Å². The Hall–Kier alpha value is -4.01. The second-order valence-corrected chi connectivity index (χ2v) is 9.68. The van der Waals surface area contributed by atoms with Crippen LogP contribution in [0.2, 0.25) is 0 Å². The summed E-state index contributed by atoms with van der Waals surface area (Å²) in [6, 6.07) is 27.4. The Balaban J connectivity index is 1.37. The zero-order valence-corrected chi connectivity index (χ0v) is 20.3. The predicted molar refractivity (Wildman–Crippen MR) is 139 cm³/mol. The minimum absolute atomic E-state index is 0.398. The number of anilines is 1.